The lowest BCUT2D eigenvalue weighted by Gasteiger charge is -2.17. The maximum atomic E-state index is 14.0. The van der Waals surface area contributed by atoms with Gasteiger partial charge in [-0.25, -0.2) is 8.78 Å². The van der Waals surface area contributed by atoms with Gasteiger partial charge in [0.2, 0.25) is 0 Å². The topological polar surface area (TPSA) is 53.1 Å². The van der Waals surface area contributed by atoms with Crippen LogP contribution in [0.5, 0.6) is 0 Å². The van der Waals surface area contributed by atoms with Gasteiger partial charge in [0.25, 0.3) is 5.56 Å². The highest BCUT2D eigenvalue weighted by Crippen LogP contribution is 2.30. The van der Waals surface area contributed by atoms with Crippen LogP contribution in [-0.4, -0.2) is 10.1 Å². The van der Waals surface area contributed by atoms with Gasteiger partial charge in [-0.1, -0.05) is 36.7 Å². The maximum absolute atomic E-state index is 14.0. The van der Waals surface area contributed by atoms with Crippen molar-refractivity contribution < 1.29 is 13.9 Å². The van der Waals surface area contributed by atoms with E-state index in [0.29, 0.717) is 17.4 Å². The van der Waals surface area contributed by atoms with E-state index in [9.17, 15) is 18.7 Å². The summed E-state index contributed by atoms with van der Waals surface area (Å²) in [7, 11) is 0. The first-order chi connectivity index (χ1) is 12.4. The molecule has 0 fully saturated rings. The van der Waals surface area contributed by atoms with E-state index in [-0.39, 0.29) is 16.3 Å². The van der Waals surface area contributed by atoms with Crippen LogP contribution >= 0.6 is 11.6 Å². The van der Waals surface area contributed by atoms with Gasteiger partial charge in [-0.15, -0.1) is 0 Å². The Bertz CT molecular complexity index is 1000. The Morgan fingerprint density at radius 3 is 2.73 bits per heavy atom. The predicted octanol–water partition coefficient (Wildman–Crippen LogP) is 4.89. The van der Waals surface area contributed by atoms with Gasteiger partial charge in [0.15, 0.2) is 0 Å². The normalized spacial score (nSPS) is 13.7. The third-order valence-electron chi connectivity index (χ3n) is 4.44. The number of pyridine rings is 1. The summed E-state index contributed by atoms with van der Waals surface area (Å²) in [6, 6.07) is 8.59. The summed E-state index contributed by atoms with van der Waals surface area (Å²) < 4.78 is 27.2. The van der Waals surface area contributed by atoms with E-state index >= 15 is 0 Å². The number of benzene rings is 2. The highest BCUT2D eigenvalue weighted by molar-refractivity contribution is 6.30. The van der Waals surface area contributed by atoms with E-state index in [4.69, 9.17) is 11.6 Å². The third-order valence-corrected chi connectivity index (χ3v) is 4.73. The minimum absolute atomic E-state index is 0.0242. The average molecular weight is 377 g/mol. The summed E-state index contributed by atoms with van der Waals surface area (Å²) in [5.74, 6) is -1.26. The summed E-state index contributed by atoms with van der Waals surface area (Å²) in [5, 5.41) is 10.8. The minimum Gasteiger partial charge on any atom is -0.388 e. The average Bonchev–Trinajstić information content (AvgIpc) is 2.62. The number of H-pyrrole nitrogens is 1. The van der Waals surface area contributed by atoms with Gasteiger partial charge in [0.05, 0.1) is 16.5 Å². The number of aromatic amines is 1. The molecule has 135 valence electrons. The van der Waals surface area contributed by atoms with Crippen LogP contribution in [0.1, 0.15) is 36.5 Å². The van der Waals surface area contributed by atoms with Crippen LogP contribution in [0.2, 0.25) is 5.02 Å². The van der Waals surface area contributed by atoms with Crippen LogP contribution in [0.4, 0.5) is 8.78 Å². The molecule has 0 saturated carbocycles. The van der Waals surface area contributed by atoms with Crippen LogP contribution in [0.25, 0.3) is 10.8 Å². The molecule has 6 heteroatoms. The largest absolute Gasteiger partial charge is 0.388 e. The molecule has 3 aromatic rings. The maximum Gasteiger partial charge on any atom is 0.258 e. The highest BCUT2D eigenvalue weighted by Gasteiger charge is 2.17. The van der Waals surface area contributed by atoms with Gasteiger partial charge in [0.1, 0.15) is 11.6 Å². The molecule has 0 aliphatic heterocycles. The smallest absolute Gasteiger partial charge is 0.258 e. The molecule has 2 unspecified atom stereocenters. The van der Waals surface area contributed by atoms with Crippen molar-refractivity contribution in [3.05, 3.63) is 87.2 Å². The number of fused-ring (bicyclic) bond motifs is 1. The molecule has 0 aliphatic carbocycles. The van der Waals surface area contributed by atoms with Crippen molar-refractivity contribution in [2.75, 3.05) is 0 Å². The molecule has 0 saturated heterocycles. The number of aliphatic hydroxyl groups is 1. The molecule has 0 amide bonds. The SMILES string of the molecule is CC([CH]CC(O)c1ccc(F)c(Cl)c1)c1c[nH]c(=O)c2c(F)cccc12. The highest BCUT2D eigenvalue weighted by atomic mass is 35.5. The molecule has 2 N–H and O–H groups in total. The number of rotatable bonds is 5. The Balaban J connectivity index is 1.80. The summed E-state index contributed by atoms with van der Waals surface area (Å²) in [4.78, 5) is 14.5. The Labute approximate surface area is 154 Å². The molecule has 2 aromatic carbocycles. The van der Waals surface area contributed by atoms with Crippen LogP contribution in [0.3, 0.4) is 0 Å². The van der Waals surface area contributed by atoms with Crippen molar-refractivity contribution in [1.29, 1.82) is 0 Å². The molecule has 0 spiro atoms. The first kappa shape index (κ1) is 18.5. The molecule has 0 bridgehead atoms. The van der Waals surface area contributed by atoms with Gasteiger partial charge in [-0.3, -0.25) is 4.79 Å². The van der Waals surface area contributed by atoms with Crippen molar-refractivity contribution in [3.8, 4) is 0 Å². The Morgan fingerprint density at radius 1 is 1.23 bits per heavy atom. The summed E-state index contributed by atoms with van der Waals surface area (Å²) >= 11 is 5.75. The Kier molecular flexibility index (Phi) is 5.39. The zero-order valence-electron chi connectivity index (χ0n) is 14.0. The molecule has 1 heterocycles. The summed E-state index contributed by atoms with van der Waals surface area (Å²) in [5.41, 5.74) is 0.788. The number of nitrogens with one attached hydrogen (secondary N) is 1. The van der Waals surface area contributed by atoms with Crippen molar-refractivity contribution in [3.63, 3.8) is 0 Å². The standard InChI is InChI=1S/C20H17ClF2NO2/c1-11(5-8-18(25)12-6-7-16(22)15(21)9-12)14-10-24-20(26)19-13(14)3-2-4-17(19)23/h2-7,9-11,18,25H,8H2,1H3,(H,24,26). The fourth-order valence-electron chi connectivity index (χ4n) is 2.98. The van der Waals surface area contributed by atoms with Gasteiger partial charge in [0, 0.05) is 6.20 Å². The number of aliphatic hydroxyl groups excluding tert-OH is 1. The van der Waals surface area contributed by atoms with Crippen LogP contribution in [-0.2, 0) is 0 Å². The quantitative estimate of drug-likeness (QED) is 0.666. The summed E-state index contributed by atoms with van der Waals surface area (Å²) in [6.07, 6.45) is 2.87. The molecule has 26 heavy (non-hydrogen) atoms. The first-order valence-corrected chi connectivity index (χ1v) is 8.52. The fraction of sp³-hybridized carbons (Fsp3) is 0.200. The lowest BCUT2D eigenvalue weighted by atomic mass is 9.91. The van der Waals surface area contributed by atoms with Crippen molar-refractivity contribution >= 4 is 22.4 Å². The zero-order chi connectivity index (χ0) is 18.8. The van der Waals surface area contributed by atoms with Crippen LogP contribution in [0.15, 0.2) is 47.4 Å². The summed E-state index contributed by atoms with van der Waals surface area (Å²) in [6.45, 7) is 1.89. The lowest BCUT2D eigenvalue weighted by Crippen LogP contribution is -2.11. The molecule has 3 nitrogen and oxygen atoms in total. The Morgan fingerprint density at radius 2 is 2.00 bits per heavy atom. The van der Waals surface area contributed by atoms with E-state index in [1.54, 1.807) is 18.3 Å². The molecular formula is C20H17ClF2NO2. The zero-order valence-corrected chi connectivity index (χ0v) is 14.7. The van der Waals surface area contributed by atoms with Crippen molar-refractivity contribution in [1.82, 2.24) is 4.98 Å². The molecule has 0 aliphatic rings. The number of hydrogen-bond acceptors (Lipinski definition) is 2. The van der Waals surface area contributed by atoms with E-state index in [1.807, 2.05) is 13.3 Å². The number of aromatic nitrogens is 1. The third kappa shape index (κ3) is 3.64. The van der Waals surface area contributed by atoms with E-state index in [1.165, 1.54) is 24.3 Å². The van der Waals surface area contributed by atoms with Crippen LogP contribution < -0.4 is 5.56 Å². The molecule has 2 atom stereocenters. The second kappa shape index (κ2) is 7.56. The predicted molar refractivity (Wildman–Crippen MR) is 98.2 cm³/mol. The van der Waals surface area contributed by atoms with E-state index in [0.717, 1.165) is 5.56 Å². The van der Waals surface area contributed by atoms with Gasteiger partial charge in [-0.05, 0) is 53.5 Å². The lowest BCUT2D eigenvalue weighted by molar-refractivity contribution is 0.175. The minimum atomic E-state index is -0.846. The second-order valence-electron chi connectivity index (χ2n) is 6.18. The van der Waals surface area contributed by atoms with Crippen molar-refractivity contribution in [2.24, 2.45) is 0 Å². The van der Waals surface area contributed by atoms with Gasteiger partial charge in [-0.2, -0.15) is 0 Å². The van der Waals surface area contributed by atoms with Crippen molar-refractivity contribution in [2.45, 2.75) is 25.4 Å². The van der Waals surface area contributed by atoms with E-state index in [2.05, 4.69) is 4.98 Å². The molecule has 1 radical (unpaired) electrons. The number of hydrogen-bond donors (Lipinski definition) is 2. The van der Waals surface area contributed by atoms with Gasteiger partial charge < -0.3 is 10.1 Å². The molecule has 1 aromatic heterocycles. The first-order valence-electron chi connectivity index (χ1n) is 8.14. The fourth-order valence-corrected chi connectivity index (χ4v) is 3.17. The van der Waals surface area contributed by atoms with Gasteiger partial charge >= 0.3 is 0 Å². The second-order valence-corrected chi connectivity index (χ2v) is 6.59. The molecule has 3 rings (SSSR count). The molecular weight excluding hydrogens is 360 g/mol. The monoisotopic (exact) mass is 376 g/mol. The Hall–Kier alpha value is -2.24. The number of halogens is 3. The van der Waals surface area contributed by atoms with E-state index < -0.39 is 23.3 Å². The van der Waals surface area contributed by atoms with Crippen LogP contribution in [0, 0.1) is 18.1 Å².